The minimum Gasteiger partial charge on any atom is -0.497 e. The number of carbonyl (C=O) groups is 1. The first-order valence-corrected chi connectivity index (χ1v) is 8.34. The highest BCUT2D eigenvalue weighted by Crippen LogP contribution is 2.34. The number of ether oxygens (including phenoxy) is 2. The topological polar surface area (TPSA) is 64.8 Å². The minimum atomic E-state index is -0.212. The summed E-state index contributed by atoms with van der Waals surface area (Å²) in [6.07, 6.45) is -0.0955. The summed E-state index contributed by atoms with van der Waals surface area (Å²) < 4.78 is 16.3. The van der Waals surface area contributed by atoms with E-state index in [0.29, 0.717) is 18.1 Å². The number of fused-ring (bicyclic) bond motifs is 1. The van der Waals surface area contributed by atoms with E-state index >= 15 is 0 Å². The summed E-state index contributed by atoms with van der Waals surface area (Å²) in [7, 11) is 1.61. The van der Waals surface area contributed by atoms with Gasteiger partial charge < -0.3 is 14.0 Å². The maximum absolute atomic E-state index is 13.0. The Morgan fingerprint density at radius 1 is 1.19 bits per heavy atom. The molecule has 132 valence electrons. The van der Waals surface area contributed by atoms with Gasteiger partial charge in [-0.15, -0.1) is 0 Å². The van der Waals surface area contributed by atoms with Crippen LogP contribution in [0.4, 0.5) is 5.69 Å². The van der Waals surface area contributed by atoms with Crippen molar-refractivity contribution in [2.45, 2.75) is 13.0 Å². The van der Waals surface area contributed by atoms with E-state index < -0.39 is 0 Å². The molecular weight excluding hydrogens is 332 g/mol. The van der Waals surface area contributed by atoms with Crippen LogP contribution in [0.3, 0.4) is 0 Å². The van der Waals surface area contributed by atoms with Crippen LogP contribution in [0.15, 0.2) is 59.1 Å². The normalized spacial score (nSPS) is 15.9. The molecule has 0 fully saturated rings. The zero-order valence-electron chi connectivity index (χ0n) is 14.5. The fourth-order valence-corrected chi connectivity index (χ4v) is 2.99. The van der Waals surface area contributed by atoms with Crippen molar-refractivity contribution in [2.75, 3.05) is 18.6 Å². The molecule has 1 aromatic heterocycles. The van der Waals surface area contributed by atoms with Crippen LogP contribution in [0.5, 0.6) is 11.5 Å². The third-order valence-corrected chi connectivity index (χ3v) is 4.27. The van der Waals surface area contributed by atoms with E-state index in [0.717, 1.165) is 17.0 Å². The molecule has 3 aromatic rings. The summed E-state index contributed by atoms with van der Waals surface area (Å²) in [5, 5.41) is 3.97. The van der Waals surface area contributed by atoms with Gasteiger partial charge in [0, 0.05) is 11.6 Å². The van der Waals surface area contributed by atoms with Crippen LogP contribution >= 0.6 is 0 Å². The first-order chi connectivity index (χ1) is 12.7. The average molecular weight is 350 g/mol. The number of methoxy groups -OCH3 is 1. The third kappa shape index (κ3) is 2.90. The molecule has 0 N–H and O–H groups in total. The number of hydrogen-bond donors (Lipinski definition) is 0. The number of para-hydroxylation sites is 2. The Morgan fingerprint density at radius 3 is 2.73 bits per heavy atom. The maximum atomic E-state index is 13.0. The molecule has 0 saturated heterocycles. The SMILES string of the molecule is COc1ccc(-c2cc(C(=O)N3C[C@@H](C)Oc4ccccc43)no2)cc1. The van der Waals surface area contributed by atoms with Gasteiger partial charge in [0.2, 0.25) is 0 Å². The fourth-order valence-electron chi connectivity index (χ4n) is 2.99. The van der Waals surface area contributed by atoms with E-state index in [1.165, 1.54) is 0 Å². The number of anilines is 1. The summed E-state index contributed by atoms with van der Waals surface area (Å²) in [4.78, 5) is 14.7. The molecule has 1 amide bonds. The van der Waals surface area contributed by atoms with Gasteiger partial charge in [0.25, 0.3) is 5.91 Å². The van der Waals surface area contributed by atoms with Crippen molar-refractivity contribution < 1.29 is 18.8 Å². The lowest BCUT2D eigenvalue weighted by Gasteiger charge is -2.32. The quantitative estimate of drug-likeness (QED) is 0.719. The first-order valence-electron chi connectivity index (χ1n) is 8.34. The molecule has 1 aliphatic rings. The monoisotopic (exact) mass is 350 g/mol. The van der Waals surface area contributed by atoms with Crippen molar-refractivity contribution in [1.82, 2.24) is 5.16 Å². The number of nitrogens with zero attached hydrogens (tertiary/aromatic N) is 2. The number of rotatable bonds is 3. The lowest BCUT2D eigenvalue weighted by Crippen LogP contribution is -2.42. The highest BCUT2D eigenvalue weighted by atomic mass is 16.5. The van der Waals surface area contributed by atoms with E-state index in [2.05, 4.69) is 5.16 Å². The van der Waals surface area contributed by atoms with E-state index in [9.17, 15) is 4.79 Å². The number of amides is 1. The number of carbonyl (C=O) groups excluding carboxylic acids is 1. The van der Waals surface area contributed by atoms with Gasteiger partial charge in [-0.1, -0.05) is 17.3 Å². The van der Waals surface area contributed by atoms with Crippen LogP contribution in [-0.4, -0.2) is 30.8 Å². The second kappa shape index (κ2) is 6.55. The molecule has 2 heterocycles. The highest BCUT2D eigenvalue weighted by molar-refractivity contribution is 6.06. The Labute approximate surface area is 150 Å². The van der Waals surface area contributed by atoms with Crippen molar-refractivity contribution in [2.24, 2.45) is 0 Å². The van der Waals surface area contributed by atoms with Gasteiger partial charge in [0.1, 0.15) is 17.6 Å². The van der Waals surface area contributed by atoms with Gasteiger partial charge in [-0.05, 0) is 43.3 Å². The second-order valence-electron chi connectivity index (χ2n) is 6.12. The number of benzene rings is 2. The second-order valence-corrected chi connectivity index (χ2v) is 6.12. The Hall–Kier alpha value is -3.28. The Balaban J connectivity index is 1.62. The standard InChI is InChI=1S/C20H18N2O4/c1-13-12-22(17-5-3-4-6-18(17)25-13)20(23)16-11-19(26-21-16)14-7-9-15(24-2)10-8-14/h3-11,13H,12H2,1-2H3/t13-/m1/s1. The number of aromatic nitrogens is 1. The van der Waals surface area contributed by atoms with Gasteiger partial charge in [0.15, 0.2) is 11.5 Å². The molecule has 6 heteroatoms. The van der Waals surface area contributed by atoms with E-state index in [1.807, 2.05) is 55.5 Å². The molecule has 0 saturated carbocycles. The molecule has 26 heavy (non-hydrogen) atoms. The number of hydrogen-bond acceptors (Lipinski definition) is 5. The van der Waals surface area contributed by atoms with E-state index in [4.69, 9.17) is 14.0 Å². The molecule has 2 aromatic carbocycles. The summed E-state index contributed by atoms with van der Waals surface area (Å²) >= 11 is 0. The van der Waals surface area contributed by atoms with Gasteiger partial charge in [-0.2, -0.15) is 0 Å². The van der Waals surface area contributed by atoms with Gasteiger partial charge >= 0.3 is 0 Å². The molecule has 0 aliphatic carbocycles. The molecule has 0 bridgehead atoms. The van der Waals surface area contributed by atoms with Crippen molar-refractivity contribution >= 4 is 11.6 Å². The van der Waals surface area contributed by atoms with Crippen LogP contribution in [0, 0.1) is 0 Å². The van der Waals surface area contributed by atoms with Crippen molar-refractivity contribution in [3.05, 3.63) is 60.3 Å². The zero-order valence-corrected chi connectivity index (χ0v) is 14.5. The fraction of sp³-hybridized carbons (Fsp3) is 0.200. The third-order valence-electron chi connectivity index (χ3n) is 4.27. The predicted octanol–water partition coefficient (Wildman–Crippen LogP) is 3.78. The van der Waals surface area contributed by atoms with Gasteiger partial charge in [-0.3, -0.25) is 9.69 Å². The Kier molecular flexibility index (Phi) is 4.08. The Bertz CT molecular complexity index is 933. The maximum Gasteiger partial charge on any atom is 0.280 e. The summed E-state index contributed by atoms with van der Waals surface area (Å²) in [5.41, 5.74) is 1.83. The summed E-state index contributed by atoms with van der Waals surface area (Å²) in [6, 6.07) is 16.5. The van der Waals surface area contributed by atoms with Crippen LogP contribution in [0.25, 0.3) is 11.3 Å². The van der Waals surface area contributed by atoms with E-state index in [1.54, 1.807) is 18.1 Å². The lowest BCUT2D eigenvalue weighted by atomic mass is 10.1. The average Bonchev–Trinajstić information content (AvgIpc) is 3.17. The minimum absolute atomic E-state index is 0.0955. The van der Waals surface area contributed by atoms with Crippen molar-refractivity contribution in [1.29, 1.82) is 0 Å². The largest absolute Gasteiger partial charge is 0.497 e. The molecule has 1 aliphatic heterocycles. The van der Waals surface area contributed by atoms with Gasteiger partial charge in [0.05, 0.1) is 19.3 Å². The zero-order chi connectivity index (χ0) is 18.1. The summed E-state index contributed by atoms with van der Waals surface area (Å²) in [5.74, 6) is 1.77. The van der Waals surface area contributed by atoms with Gasteiger partial charge in [-0.25, -0.2) is 0 Å². The van der Waals surface area contributed by atoms with Crippen LogP contribution in [0.1, 0.15) is 17.4 Å². The van der Waals surface area contributed by atoms with Crippen LogP contribution in [-0.2, 0) is 0 Å². The molecule has 6 nitrogen and oxygen atoms in total. The molecule has 0 radical (unpaired) electrons. The predicted molar refractivity (Wildman–Crippen MR) is 96.7 cm³/mol. The van der Waals surface area contributed by atoms with E-state index in [-0.39, 0.29) is 17.7 Å². The highest BCUT2D eigenvalue weighted by Gasteiger charge is 2.29. The molecule has 1 atom stereocenters. The smallest absolute Gasteiger partial charge is 0.280 e. The van der Waals surface area contributed by atoms with Crippen LogP contribution in [0.2, 0.25) is 0 Å². The molecule has 0 spiro atoms. The van der Waals surface area contributed by atoms with Crippen molar-refractivity contribution in [3.63, 3.8) is 0 Å². The lowest BCUT2D eigenvalue weighted by molar-refractivity contribution is 0.0952. The molecule has 4 rings (SSSR count). The summed E-state index contributed by atoms with van der Waals surface area (Å²) in [6.45, 7) is 2.39. The molecular formula is C20H18N2O4. The van der Waals surface area contributed by atoms with Crippen molar-refractivity contribution in [3.8, 4) is 22.8 Å². The Morgan fingerprint density at radius 2 is 1.96 bits per heavy atom. The molecule has 0 unspecified atom stereocenters. The van der Waals surface area contributed by atoms with Crippen LogP contribution < -0.4 is 14.4 Å². The first kappa shape index (κ1) is 16.2.